The molecule has 2 atom stereocenters. The zero-order valence-corrected chi connectivity index (χ0v) is 21.9. The molecule has 7 rings (SSSR count). The van der Waals surface area contributed by atoms with Crippen LogP contribution in [0, 0.1) is 6.92 Å². The van der Waals surface area contributed by atoms with Crippen molar-refractivity contribution in [3.05, 3.63) is 53.9 Å². The van der Waals surface area contributed by atoms with Gasteiger partial charge in [0.1, 0.15) is 5.82 Å². The normalized spacial score (nSPS) is 26.8. The van der Waals surface area contributed by atoms with E-state index in [1.807, 2.05) is 0 Å². The fraction of sp³-hybridized carbons (Fsp3) is 0.552. The Hall–Kier alpha value is -2.28. The van der Waals surface area contributed by atoms with Crippen molar-refractivity contribution in [1.29, 1.82) is 0 Å². The third kappa shape index (κ3) is 3.98. The Balaban J connectivity index is 0.00000240. The van der Waals surface area contributed by atoms with Crippen LogP contribution < -0.4 is 14.8 Å². The summed E-state index contributed by atoms with van der Waals surface area (Å²) in [4.78, 5) is 7.74. The highest BCUT2D eigenvalue weighted by atomic mass is 35.5. The quantitative estimate of drug-likeness (QED) is 0.502. The molecule has 7 heteroatoms. The maximum atomic E-state index is 5.75. The maximum absolute atomic E-state index is 5.75. The summed E-state index contributed by atoms with van der Waals surface area (Å²) in [5.41, 5.74) is 4.10. The lowest BCUT2D eigenvalue weighted by molar-refractivity contribution is 0.0928. The van der Waals surface area contributed by atoms with Gasteiger partial charge < -0.3 is 19.4 Å². The molecule has 6 nitrogen and oxygen atoms in total. The molecule has 3 aromatic rings. The van der Waals surface area contributed by atoms with Gasteiger partial charge in [-0.2, -0.15) is 0 Å². The van der Waals surface area contributed by atoms with Crippen molar-refractivity contribution in [2.75, 3.05) is 26.4 Å². The molecule has 36 heavy (non-hydrogen) atoms. The molecular weight excluding hydrogens is 472 g/mol. The SMILES string of the molecule is Cc1nc2ccccc2n1C1CC2CCC(C1)N2CCC1(c2ccc3c(c2)OCO3)CCNCC1.Cl. The second-order valence-electron chi connectivity index (χ2n) is 11.1. The summed E-state index contributed by atoms with van der Waals surface area (Å²) in [5, 5.41) is 3.59. The number of rotatable bonds is 5. The van der Waals surface area contributed by atoms with Crippen molar-refractivity contribution < 1.29 is 9.47 Å². The number of piperidine rings is 2. The van der Waals surface area contributed by atoms with Gasteiger partial charge in [0.15, 0.2) is 11.5 Å². The van der Waals surface area contributed by atoms with Crippen molar-refractivity contribution in [2.24, 2.45) is 0 Å². The summed E-state index contributed by atoms with van der Waals surface area (Å²) < 4.78 is 13.9. The first kappa shape index (κ1) is 24.1. The van der Waals surface area contributed by atoms with Crippen molar-refractivity contribution in [3.8, 4) is 11.5 Å². The standard InChI is InChI=1S/C29H36N4O2.ClH/c1-20-31-25-4-2-3-5-26(25)33(20)24-17-22-7-8-23(18-24)32(22)15-12-29(10-13-30-14-11-29)21-6-9-27-28(16-21)35-19-34-27;/h2-6,9,16,22-24,30H,7-8,10-15,17-19H2,1H3;1H. The second kappa shape index (κ2) is 9.55. The third-order valence-corrected chi connectivity index (χ3v) is 9.39. The average Bonchev–Trinajstić information content (AvgIpc) is 3.55. The van der Waals surface area contributed by atoms with E-state index in [9.17, 15) is 0 Å². The molecule has 3 fully saturated rings. The van der Waals surface area contributed by atoms with Crippen LogP contribution in [0.5, 0.6) is 11.5 Å². The number of benzene rings is 2. The first-order valence-electron chi connectivity index (χ1n) is 13.5. The first-order chi connectivity index (χ1) is 17.2. The number of aromatic nitrogens is 2. The first-order valence-corrected chi connectivity index (χ1v) is 13.5. The highest BCUT2D eigenvalue weighted by Crippen LogP contribution is 2.46. The van der Waals surface area contributed by atoms with Crippen molar-refractivity contribution in [2.45, 2.75) is 75.4 Å². The molecule has 3 saturated heterocycles. The Kier molecular flexibility index (Phi) is 6.39. The lowest BCUT2D eigenvalue weighted by atomic mass is 9.70. The van der Waals surface area contributed by atoms with Crippen LogP contribution in [0.15, 0.2) is 42.5 Å². The molecule has 192 valence electrons. The number of nitrogens with zero attached hydrogens (tertiary/aromatic N) is 3. The van der Waals surface area contributed by atoms with Gasteiger partial charge in [0.25, 0.3) is 0 Å². The lowest BCUT2D eigenvalue weighted by Crippen LogP contribution is -2.47. The van der Waals surface area contributed by atoms with Gasteiger partial charge in [-0.15, -0.1) is 12.4 Å². The highest BCUT2D eigenvalue weighted by Gasteiger charge is 2.43. The number of hydrogen-bond acceptors (Lipinski definition) is 5. The Bertz CT molecular complexity index is 1220. The van der Waals surface area contributed by atoms with Gasteiger partial charge >= 0.3 is 0 Å². The molecule has 0 saturated carbocycles. The van der Waals surface area contributed by atoms with E-state index >= 15 is 0 Å². The van der Waals surface area contributed by atoms with E-state index in [-0.39, 0.29) is 17.8 Å². The Morgan fingerprint density at radius 3 is 2.53 bits per heavy atom. The van der Waals surface area contributed by atoms with Crippen molar-refractivity contribution in [1.82, 2.24) is 19.8 Å². The largest absolute Gasteiger partial charge is 0.454 e. The summed E-state index contributed by atoms with van der Waals surface area (Å²) in [5.74, 6) is 2.98. The Labute approximate surface area is 219 Å². The van der Waals surface area contributed by atoms with Gasteiger partial charge in [-0.05, 0) is 107 Å². The van der Waals surface area contributed by atoms with Gasteiger partial charge in [-0.25, -0.2) is 4.98 Å². The molecular formula is C29H37ClN4O2. The van der Waals surface area contributed by atoms with Crippen LogP contribution in [0.4, 0.5) is 0 Å². The highest BCUT2D eigenvalue weighted by molar-refractivity contribution is 5.85. The number of para-hydroxylation sites is 2. The summed E-state index contributed by atoms with van der Waals surface area (Å²) in [6.07, 6.45) is 8.78. The molecule has 1 aromatic heterocycles. The number of fused-ring (bicyclic) bond motifs is 4. The van der Waals surface area contributed by atoms with Crippen LogP contribution in [0.2, 0.25) is 0 Å². The van der Waals surface area contributed by atoms with Gasteiger partial charge in [0, 0.05) is 18.1 Å². The number of ether oxygens (including phenoxy) is 2. The lowest BCUT2D eigenvalue weighted by Gasteiger charge is -2.44. The van der Waals surface area contributed by atoms with E-state index in [1.165, 1.54) is 68.4 Å². The summed E-state index contributed by atoms with van der Waals surface area (Å²) in [6, 6.07) is 17.3. The number of nitrogens with one attached hydrogen (secondary N) is 1. The third-order valence-electron chi connectivity index (χ3n) is 9.39. The molecule has 5 heterocycles. The predicted molar refractivity (Wildman–Crippen MR) is 144 cm³/mol. The van der Waals surface area contributed by atoms with E-state index in [1.54, 1.807) is 0 Å². The number of halogens is 1. The van der Waals surface area contributed by atoms with E-state index < -0.39 is 0 Å². The fourth-order valence-corrected chi connectivity index (χ4v) is 7.61. The van der Waals surface area contributed by atoms with Gasteiger partial charge in [0.2, 0.25) is 6.79 Å². The molecule has 4 aliphatic heterocycles. The van der Waals surface area contributed by atoms with Crippen LogP contribution in [-0.2, 0) is 5.41 Å². The number of imidazole rings is 1. The van der Waals surface area contributed by atoms with E-state index in [0.29, 0.717) is 24.9 Å². The molecule has 2 unspecified atom stereocenters. The Morgan fingerprint density at radius 1 is 0.972 bits per heavy atom. The molecule has 0 aliphatic carbocycles. The van der Waals surface area contributed by atoms with Gasteiger partial charge in [-0.3, -0.25) is 4.90 Å². The summed E-state index contributed by atoms with van der Waals surface area (Å²) in [7, 11) is 0. The van der Waals surface area contributed by atoms with Crippen molar-refractivity contribution in [3.63, 3.8) is 0 Å². The monoisotopic (exact) mass is 508 g/mol. The fourth-order valence-electron chi connectivity index (χ4n) is 7.61. The van der Waals surface area contributed by atoms with Crippen LogP contribution in [0.1, 0.15) is 62.4 Å². The summed E-state index contributed by atoms with van der Waals surface area (Å²) >= 11 is 0. The minimum absolute atomic E-state index is 0. The molecule has 1 N–H and O–H groups in total. The number of hydrogen-bond donors (Lipinski definition) is 1. The molecule has 2 aromatic carbocycles. The smallest absolute Gasteiger partial charge is 0.231 e. The van der Waals surface area contributed by atoms with Crippen molar-refractivity contribution >= 4 is 23.4 Å². The van der Waals surface area contributed by atoms with Gasteiger partial charge in [0.05, 0.1) is 11.0 Å². The minimum Gasteiger partial charge on any atom is -0.454 e. The average molecular weight is 509 g/mol. The second-order valence-corrected chi connectivity index (χ2v) is 11.1. The van der Waals surface area contributed by atoms with Crippen LogP contribution >= 0.6 is 12.4 Å². The molecule has 0 spiro atoms. The zero-order chi connectivity index (χ0) is 23.4. The molecule has 2 bridgehead atoms. The predicted octanol–water partition coefficient (Wildman–Crippen LogP) is 5.37. The minimum atomic E-state index is 0. The van der Waals surface area contributed by atoms with E-state index in [2.05, 4.69) is 64.2 Å². The van der Waals surface area contributed by atoms with Crippen LogP contribution in [-0.4, -0.2) is 53.0 Å². The topological polar surface area (TPSA) is 51.6 Å². The summed E-state index contributed by atoms with van der Waals surface area (Å²) in [6.45, 7) is 5.91. The maximum Gasteiger partial charge on any atom is 0.231 e. The van der Waals surface area contributed by atoms with Crippen LogP contribution in [0.3, 0.4) is 0 Å². The zero-order valence-electron chi connectivity index (χ0n) is 21.1. The van der Waals surface area contributed by atoms with Crippen LogP contribution in [0.25, 0.3) is 11.0 Å². The molecule has 0 radical (unpaired) electrons. The number of aryl methyl sites for hydroxylation is 1. The molecule has 4 aliphatic rings. The Morgan fingerprint density at radius 2 is 1.72 bits per heavy atom. The van der Waals surface area contributed by atoms with E-state index in [0.717, 1.165) is 30.1 Å². The van der Waals surface area contributed by atoms with E-state index in [4.69, 9.17) is 14.5 Å². The van der Waals surface area contributed by atoms with Gasteiger partial charge in [-0.1, -0.05) is 18.2 Å². The molecule has 0 amide bonds.